The van der Waals surface area contributed by atoms with Crippen molar-refractivity contribution in [2.45, 2.75) is 5.41 Å². The molecule has 1 atom stereocenters. The van der Waals surface area contributed by atoms with E-state index < -0.39 is 5.41 Å². The van der Waals surface area contributed by atoms with Crippen molar-refractivity contribution < 1.29 is 4.42 Å². The molecule has 3 heteroatoms. The number of hydrogen-bond donors (Lipinski definition) is 0. The van der Waals surface area contributed by atoms with Gasteiger partial charge < -0.3 is 4.42 Å². The van der Waals surface area contributed by atoms with Crippen LogP contribution in [0.15, 0.2) is 174 Å². The second-order valence-corrected chi connectivity index (χ2v) is 13.3. The number of hydrogen-bond acceptors (Lipinski definition) is 3. The van der Waals surface area contributed by atoms with Gasteiger partial charge >= 0.3 is 0 Å². The molecule has 0 saturated heterocycles. The zero-order chi connectivity index (χ0) is 32.8. The lowest BCUT2D eigenvalue weighted by atomic mass is 9.73. The molecule has 0 fully saturated rings. The van der Waals surface area contributed by atoms with Crippen LogP contribution < -0.4 is 0 Å². The van der Waals surface area contributed by atoms with Gasteiger partial charge in [-0.2, -0.15) is 0 Å². The number of nitrogens with zero attached hydrogens (tertiary/aromatic N) is 2. The summed E-state index contributed by atoms with van der Waals surface area (Å²) >= 11 is 0. The summed E-state index contributed by atoms with van der Waals surface area (Å²) < 4.78 is 6.95. The average Bonchev–Trinajstić information content (AvgIpc) is 3.81. The molecule has 0 aliphatic heterocycles. The predicted octanol–water partition coefficient (Wildman–Crippen LogP) is 11.7. The van der Waals surface area contributed by atoms with E-state index >= 15 is 0 Å². The van der Waals surface area contributed by atoms with Crippen LogP contribution in [0.4, 0.5) is 0 Å². The standard InChI is InChI=1S/C47H28N2O/c1-2-13-30(14-3-1)41-28-42(49-46(48-41)33-23-22-29-12-4-5-15-31(29)26-33)32-24-25-35-34-16-6-9-19-38(34)47(40(35)27-32)39-20-10-7-17-36(39)44-37-18-8-11-21-43(37)50-45(44)47/h1-28H. The van der Waals surface area contributed by atoms with Gasteiger partial charge in [0.25, 0.3) is 0 Å². The van der Waals surface area contributed by atoms with Gasteiger partial charge in [-0.05, 0) is 68.4 Å². The molecule has 0 amide bonds. The van der Waals surface area contributed by atoms with Crippen molar-refractivity contribution in [3.63, 3.8) is 0 Å². The van der Waals surface area contributed by atoms with Crippen LogP contribution in [0.2, 0.25) is 0 Å². The normalized spacial score (nSPS) is 15.3. The van der Waals surface area contributed by atoms with Gasteiger partial charge in [-0.25, -0.2) is 9.97 Å². The fraction of sp³-hybridized carbons (Fsp3) is 0.0213. The number of benzene rings is 7. The van der Waals surface area contributed by atoms with Crippen molar-refractivity contribution in [3.05, 3.63) is 192 Å². The highest BCUT2D eigenvalue weighted by Gasteiger charge is 2.55. The third kappa shape index (κ3) is 3.69. The second kappa shape index (κ2) is 10.2. The SMILES string of the molecule is c1ccc(-c2cc(-c3ccc4c(c3)C3(c5ccccc5-4)c4ccccc4-c4c3oc3ccccc43)nc(-c3ccc4ccccc4c3)n2)cc1. The number of furan rings is 1. The minimum absolute atomic E-state index is 0.594. The van der Waals surface area contributed by atoms with Gasteiger partial charge in [0.15, 0.2) is 5.82 Å². The largest absolute Gasteiger partial charge is 0.459 e. The maximum Gasteiger partial charge on any atom is 0.160 e. The topological polar surface area (TPSA) is 38.9 Å². The Morgan fingerprint density at radius 3 is 1.92 bits per heavy atom. The minimum Gasteiger partial charge on any atom is -0.459 e. The Bertz CT molecular complexity index is 2830. The van der Waals surface area contributed by atoms with E-state index in [-0.39, 0.29) is 0 Å². The van der Waals surface area contributed by atoms with Crippen LogP contribution >= 0.6 is 0 Å². The Morgan fingerprint density at radius 1 is 0.420 bits per heavy atom. The molecule has 50 heavy (non-hydrogen) atoms. The van der Waals surface area contributed by atoms with Crippen LogP contribution in [0.1, 0.15) is 22.5 Å². The molecule has 1 unspecified atom stereocenters. The highest BCUT2D eigenvalue weighted by atomic mass is 16.3. The van der Waals surface area contributed by atoms with Crippen LogP contribution in [-0.4, -0.2) is 9.97 Å². The summed E-state index contributed by atoms with van der Waals surface area (Å²) in [4.78, 5) is 10.4. The van der Waals surface area contributed by atoms with E-state index in [1.165, 1.54) is 49.7 Å². The van der Waals surface area contributed by atoms with Gasteiger partial charge in [-0.1, -0.05) is 146 Å². The third-order valence-electron chi connectivity index (χ3n) is 10.7. The third-order valence-corrected chi connectivity index (χ3v) is 10.7. The Balaban J connectivity index is 1.18. The molecule has 2 aliphatic carbocycles. The van der Waals surface area contributed by atoms with Crippen molar-refractivity contribution in [2.75, 3.05) is 0 Å². The van der Waals surface area contributed by atoms with Crippen molar-refractivity contribution in [1.29, 1.82) is 0 Å². The van der Waals surface area contributed by atoms with E-state index in [4.69, 9.17) is 14.4 Å². The summed E-state index contributed by atoms with van der Waals surface area (Å²) in [6, 6.07) is 60.4. The lowest BCUT2D eigenvalue weighted by Crippen LogP contribution is -2.25. The van der Waals surface area contributed by atoms with E-state index in [0.717, 1.165) is 44.8 Å². The molecule has 0 radical (unpaired) electrons. The van der Waals surface area contributed by atoms with Crippen LogP contribution in [0, 0.1) is 0 Å². The predicted molar refractivity (Wildman–Crippen MR) is 202 cm³/mol. The zero-order valence-electron chi connectivity index (χ0n) is 27.0. The molecule has 0 saturated carbocycles. The molecule has 2 heterocycles. The van der Waals surface area contributed by atoms with Crippen LogP contribution in [0.5, 0.6) is 0 Å². The molecule has 2 aliphatic rings. The highest BCUT2D eigenvalue weighted by molar-refractivity contribution is 6.04. The quantitative estimate of drug-likeness (QED) is 0.194. The van der Waals surface area contributed by atoms with Crippen LogP contribution in [-0.2, 0) is 5.41 Å². The summed E-state index contributed by atoms with van der Waals surface area (Å²) in [5.41, 5.74) is 13.8. The van der Waals surface area contributed by atoms with Crippen LogP contribution in [0.3, 0.4) is 0 Å². The Labute approximate surface area is 289 Å². The fourth-order valence-electron chi connectivity index (χ4n) is 8.51. The minimum atomic E-state index is -0.594. The molecule has 2 aromatic heterocycles. The summed E-state index contributed by atoms with van der Waals surface area (Å²) in [6.07, 6.45) is 0. The number of fused-ring (bicyclic) bond motifs is 13. The molecule has 7 aromatic carbocycles. The molecule has 0 bridgehead atoms. The highest BCUT2D eigenvalue weighted by Crippen LogP contribution is 2.64. The molecule has 3 nitrogen and oxygen atoms in total. The maximum absolute atomic E-state index is 6.95. The van der Waals surface area contributed by atoms with Crippen molar-refractivity contribution in [1.82, 2.24) is 9.97 Å². The molecular formula is C47H28N2O. The number of rotatable bonds is 3. The molecular weight excluding hydrogens is 609 g/mol. The zero-order valence-corrected chi connectivity index (χ0v) is 27.0. The van der Waals surface area contributed by atoms with Crippen molar-refractivity contribution >= 4 is 21.7 Å². The van der Waals surface area contributed by atoms with Gasteiger partial charge in [0.1, 0.15) is 16.8 Å². The molecule has 232 valence electrons. The van der Waals surface area contributed by atoms with E-state index in [0.29, 0.717) is 5.82 Å². The van der Waals surface area contributed by atoms with Gasteiger partial charge in [0.2, 0.25) is 0 Å². The summed E-state index contributed by atoms with van der Waals surface area (Å²) in [7, 11) is 0. The van der Waals surface area contributed by atoms with E-state index in [9.17, 15) is 0 Å². The lowest BCUT2D eigenvalue weighted by molar-refractivity contribution is 0.507. The first kappa shape index (κ1) is 27.4. The molecule has 1 spiro atoms. The monoisotopic (exact) mass is 636 g/mol. The van der Waals surface area contributed by atoms with E-state index in [1.807, 2.05) is 6.07 Å². The Hall–Kier alpha value is -6.58. The van der Waals surface area contributed by atoms with Gasteiger partial charge in [0.05, 0.1) is 11.4 Å². The molecule has 11 rings (SSSR count). The summed E-state index contributed by atoms with van der Waals surface area (Å²) in [5.74, 6) is 1.70. The van der Waals surface area contributed by atoms with E-state index in [1.54, 1.807) is 0 Å². The lowest BCUT2D eigenvalue weighted by Gasteiger charge is -2.28. The van der Waals surface area contributed by atoms with Gasteiger partial charge in [-0.3, -0.25) is 0 Å². The Kier molecular flexibility index (Phi) is 5.59. The molecule has 0 N–H and O–H groups in total. The second-order valence-electron chi connectivity index (χ2n) is 13.3. The maximum atomic E-state index is 6.95. The first-order valence-electron chi connectivity index (χ1n) is 17.1. The van der Waals surface area contributed by atoms with E-state index in [2.05, 4.69) is 164 Å². The Morgan fingerprint density at radius 2 is 1.06 bits per heavy atom. The number of aromatic nitrogens is 2. The number of para-hydroxylation sites is 1. The van der Waals surface area contributed by atoms with Crippen molar-refractivity contribution in [2.24, 2.45) is 0 Å². The van der Waals surface area contributed by atoms with Gasteiger partial charge in [-0.15, -0.1) is 0 Å². The average molecular weight is 637 g/mol. The van der Waals surface area contributed by atoms with Crippen LogP contribution in [0.25, 0.3) is 77.9 Å². The first-order valence-corrected chi connectivity index (χ1v) is 17.1. The summed E-state index contributed by atoms with van der Waals surface area (Å²) in [5, 5.41) is 3.51. The smallest absolute Gasteiger partial charge is 0.160 e. The fourth-order valence-corrected chi connectivity index (χ4v) is 8.51. The molecule has 9 aromatic rings. The summed E-state index contributed by atoms with van der Waals surface area (Å²) in [6.45, 7) is 0. The van der Waals surface area contributed by atoms with Gasteiger partial charge in [0, 0.05) is 27.6 Å². The first-order chi connectivity index (χ1) is 24.8. The van der Waals surface area contributed by atoms with Crippen molar-refractivity contribution in [3.8, 4) is 56.2 Å².